The Morgan fingerprint density at radius 3 is 2.70 bits per heavy atom. The Hall–Kier alpha value is -2.74. The third kappa shape index (κ3) is 3.44. The molecule has 0 atom stereocenters. The van der Waals surface area contributed by atoms with Gasteiger partial charge in [0.25, 0.3) is 5.88 Å². The molecule has 1 aromatic heterocycles. The summed E-state index contributed by atoms with van der Waals surface area (Å²) in [6, 6.07) is 5.32. The number of piperazine rings is 1. The third-order valence-corrected chi connectivity index (χ3v) is 4.94. The van der Waals surface area contributed by atoms with E-state index in [4.69, 9.17) is 21.1 Å². The van der Waals surface area contributed by atoms with Gasteiger partial charge in [-0.1, -0.05) is 11.6 Å². The average molecular weight is 390 g/mol. The Morgan fingerprint density at radius 2 is 1.93 bits per heavy atom. The van der Waals surface area contributed by atoms with Gasteiger partial charge in [0.05, 0.1) is 19.3 Å². The van der Waals surface area contributed by atoms with Crippen molar-refractivity contribution < 1.29 is 14.3 Å². The molecule has 1 aromatic carbocycles. The van der Waals surface area contributed by atoms with Gasteiger partial charge in [-0.15, -0.1) is 0 Å². The van der Waals surface area contributed by atoms with Crippen molar-refractivity contribution in [3.05, 3.63) is 35.6 Å². The van der Waals surface area contributed by atoms with Crippen molar-refractivity contribution in [2.45, 2.75) is 0 Å². The number of nitrogens with zero attached hydrogens (tertiary/aromatic N) is 5. The monoisotopic (exact) mass is 389 g/mol. The Morgan fingerprint density at radius 1 is 1.15 bits per heavy atom. The van der Waals surface area contributed by atoms with E-state index in [1.165, 1.54) is 0 Å². The topological polar surface area (TPSA) is 71.0 Å². The van der Waals surface area contributed by atoms with Gasteiger partial charge in [-0.2, -0.15) is 0 Å². The number of amides is 2. The summed E-state index contributed by atoms with van der Waals surface area (Å²) >= 11 is 6.03. The largest absolute Gasteiger partial charge is 0.489 e. The molecule has 2 amide bonds. The first kappa shape index (κ1) is 17.7. The zero-order valence-electron chi connectivity index (χ0n) is 15.0. The van der Waals surface area contributed by atoms with E-state index >= 15 is 0 Å². The zero-order valence-corrected chi connectivity index (χ0v) is 15.7. The van der Waals surface area contributed by atoms with Gasteiger partial charge in [0.1, 0.15) is 12.4 Å². The molecule has 9 heteroatoms. The fourth-order valence-electron chi connectivity index (χ4n) is 3.35. The molecule has 2 aliphatic rings. The van der Waals surface area contributed by atoms with Gasteiger partial charge in [-0.05, 0) is 12.1 Å². The van der Waals surface area contributed by atoms with Crippen LogP contribution >= 0.6 is 11.6 Å². The van der Waals surface area contributed by atoms with E-state index in [0.717, 1.165) is 5.69 Å². The minimum absolute atomic E-state index is 0.0207. The lowest BCUT2D eigenvalue weighted by Crippen LogP contribution is -2.54. The highest BCUT2D eigenvalue weighted by Gasteiger charge is 2.30. The quantitative estimate of drug-likeness (QED) is 0.784. The van der Waals surface area contributed by atoms with Crippen molar-refractivity contribution in [2.75, 3.05) is 56.2 Å². The number of carbonyl (C=O) groups excluding carboxylic acids is 1. The van der Waals surface area contributed by atoms with Crippen LogP contribution in [0, 0.1) is 0 Å². The first-order valence-electron chi connectivity index (χ1n) is 8.76. The lowest BCUT2D eigenvalue weighted by atomic mass is 10.2. The second kappa shape index (κ2) is 7.48. The number of hydrogen-bond acceptors (Lipinski definition) is 6. The molecule has 0 spiro atoms. The van der Waals surface area contributed by atoms with Gasteiger partial charge < -0.3 is 19.3 Å². The first-order chi connectivity index (χ1) is 13.2. The number of ether oxygens (including phenoxy) is 2. The summed E-state index contributed by atoms with van der Waals surface area (Å²) in [6.07, 6.45) is 3.25. The van der Waals surface area contributed by atoms with Crippen molar-refractivity contribution in [3.63, 3.8) is 0 Å². The summed E-state index contributed by atoms with van der Waals surface area (Å²) in [6.45, 7) is 3.50. The number of carbonyl (C=O) groups is 1. The van der Waals surface area contributed by atoms with Crippen LogP contribution in [0.25, 0.3) is 0 Å². The molecule has 4 rings (SSSR count). The molecule has 0 unspecified atom stereocenters. The number of anilines is 2. The third-order valence-electron chi connectivity index (χ3n) is 4.71. The van der Waals surface area contributed by atoms with Crippen LogP contribution in [0.15, 0.2) is 30.6 Å². The van der Waals surface area contributed by atoms with Crippen LogP contribution < -0.4 is 19.3 Å². The number of aromatic nitrogens is 2. The molecule has 0 aliphatic carbocycles. The van der Waals surface area contributed by atoms with E-state index in [0.29, 0.717) is 61.8 Å². The van der Waals surface area contributed by atoms with E-state index in [-0.39, 0.29) is 6.03 Å². The second-order valence-corrected chi connectivity index (χ2v) is 6.69. The van der Waals surface area contributed by atoms with E-state index in [1.54, 1.807) is 36.5 Å². The maximum absolute atomic E-state index is 13.1. The molecule has 1 saturated heterocycles. The number of urea groups is 1. The average Bonchev–Trinajstić information content (AvgIpc) is 2.72. The fraction of sp³-hybridized carbons (Fsp3) is 0.389. The highest BCUT2D eigenvalue weighted by atomic mass is 35.5. The standard InChI is InChI=1S/C18H20ClN5O3/c1-26-17-16(20-4-5-21-17)22-6-8-23(9-7-22)18(25)24-10-11-27-15-12-13(19)2-3-14(15)24/h2-5,12H,6-11H2,1H3. The van der Waals surface area contributed by atoms with Gasteiger partial charge >= 0.3 is 6.03 Å². The van der Waals surface area contributed by atoms with E-state index in [2.05, 4.69) is 14.9 Å². The molecule has 0 bridgehead atoms. The second-order valence-electron chi connectivity index (χ2n) is 6.26. The van der Waals surface area contributed by atoms with Crippen LogP contribution in [0.1, 0.15) is 0 Å². The number of methoxy groups -OCH3 is 1. The van der Waals surface area contributed by atoms with Crippen molar-refractivity contribution in [3.8, 4) is 11.6 Å². The van der Waals surface area contributed by atoms with Crippen LogP contribution in [-0.2, 0) is 0 Å². The predicted octanol–water partition coefficient (Wildman–Crippen LogP) is 2.28. The molecule has 2 aliphatic heterocycles. The molecule has 0 radical (unpaired) electrons. The van der Waals surface area contributed by atoms with Crippen molar-refractivity contribution in [2.24, 2.45) is 0 Å². The molecular weight excluding hydrogens is 370 g/mol. The zero-order chi connectivity index (χ0) is 18.8. The number of benzene rings is 1. The molecule has 0 N–H and O–H groups in total. The smallest absolute Gasteiger partial charge is 0.324 e. The Bertz CT molecular complexity index is 841. The molecule has 8 nitrogen and oxygen atoms in total. The summed E-state index contributed by atoms with van der Waals surface area (Å²) in [5, 5.41) is 0.592. The van der Waals surface area contributed by atoms with Crippen LogP contribution in [0.3, 0.4) is 0 Å². The first-order valence-corrected chi connectivity index (χ1v) is 9.14. The highest BCUT2D eigenvalue weighted by molar-refractivity contribution is 6.30. The van der Waals surface area contributed by atoms with Crippen LogP contribution in [-0.4, -0.2) is 67.3 Å². The number of rotatable bonds is 2. The normalized spacial score (nSPS) is 16.6. The summed E-state index contributed by atoms with van der Waals surface area (Å²) < 4.78 is 10.9. The molecular formula is C18H20ClN5O3. The van der Waals surface area contributed by atoms with E-state index < -0.39 is 0 Å². The summed E-state index contributed by atoms with van der Waals surface area (Å²) in [4.78, 5) is 27.3. The summed E-state index contributed by atoms with van der Waals surface area (Å²) in [5.74, 6) is 1.85. The van der Waals surface area contributed by atoms with Gasteiger partial charge in [0.2, 0.25) is 0 Å². The molecule has 27 heavy (non-hydrogen) atoms. The maximum Gasteiger partial charge on any atom is 0.324 e. The van der Waals surface area contributed by atoms with Crippen LogP contribution in [0.4, 0.5) is 16.3 Å². The predicted molar refractivity (Wildman–Crippen MR) is 102 cm³/mol. The molecule has 3 heterocycles. The SMILES string of the molecule is COc1nccnc1N1CCN(C(=O)N2CCOc3cc(Cl)ccc32)CC1. The van der Waals surface area contributed by atoms with Gasteiger partial charge in [-0.3, -0.25) is 4.90 Å². The van der Waals surface area contributed by atoms with Crippen LogP contribution in [0.5, 0.6) is 11.6 Å². The lowest BCUT2D eigenvalue weighted by molar-refractivity contribution is 0.196. The van der Waals surface area contributed by atoms with Crippen LogP contribution in [0.2, 0.25) is 5.02 Å². The summed E-state index contributed by atoms with van der Waals surface area (Å²) in [7, 11) is 1.58. The Balaban J connectivity index is 1.45. The number of fused-ring (bicyclic) bond motifs is 1. The minimum atomic E-state index is -0.0207. The molecule has 142 valence electrons. The maximum atomic E-state index is 13.1. The number of halogens is 1. The van der Waals surface area contributed by atoms with Crippen molar-refractivity contribution in [1.29, 1.82) is 0 Å². The Kier molecular flexibility index (Phi) is 4.89. The summed E-state index contributed by atoms with van der Waals surface area (Å²) in [5.41, 5.74) is 0.758. The Labute approximate surface area is 162 Å². The number of hydrogen-bond donors (Lipinski definition) is 0. The molecule has 1 fully saturated rings. The van der Waals surface area contributed by atoms with Gasteiger partial charge in [0.15, 0.2) is 5.82 Å². The highest BCUT2D eigenvalue weighted by Crippen LogP contribution is 2.34. The van der Waals surface area contributed by atoms with E-state index in [1.807, 2.05) is 11.0 Å². The van der Waals surface area contributed by atoms with Gasteiger partial charge in [-0.25, -0.2) is 14.8 Å². The van der Waals surface area contributed by atoms with E-state index in [9.17, 15) is 4.79 Å². The van der Waals surface area contributed by atoms with Crippen molar-refractivity contribution >= 4 is 29.1 Å². The fourth-order valence-corrected chi connectivity index (χ4v) is 3.51. The molecule has 0 saturated carbocycles. The molecule has 2 aromatic rings. The van der Waals surface area contributed by atoms with Crippen molar-refractivity contribution in [1.82, 2.24) is 14.9 Å². The van der Waals surface area contributed by atoms with Gasteiger partial charge in [0, 0.05) is 49.7 Å². The minimum Gasteiger partial charge on any atom is -0.489 e. The lowest BCUT2D eigenvalue weighted by Gasteiger charge is -2.39.